The summed E-state index contributed by atoms with van der Waals surface area (Å²) in [6.45, 7) is 0. The molecule has 0 amide bonds. The summed E-state index contributed by atoms with van der Waals surface area (Å²) in [5, 5.41) is -0.331. The van der Waals surface area contributed by atoms with E-state index in [2.05, 4.69) is 4.42 Å². The van der Waals surface area contributed by atoms with Gasteiger partial charge in [-0.1, -0.05) is 0 Å². The van der Waals surface area contributed by atoms with Crippen LogP contribution < -0.4 is 51.4 Å². The molecule has 0 saturated heterocycles. The molecular formula is C4H4ClKO4S. The molecule has 1 rings (SSSR count). The van der Waals surface area contributed by atoms with Gasteiger partial charge in [0.05, 0.1) is 6.26 Å². The SMILES string of the molecule is O=S(=O)(O)c1ccoc1Cl.[H-].[K+]. The maximum absolute atomic E-state index is 10.3. The van der Waals surface area contributed by atoms with Crippen LogP contribution in [0.25, 0.3) is 0 Å². The van der Waals surface area contributed by atoms with Crippen LogP contribution in [-0.2, 0) is 10.1 Å². The molecule has 0 radical (unpaired) electrons. The molecule has 0 bridgehead atoms. The second-order valence-electron chi connectivity index (χ2n) is 1.53. The van der Waals surface area contributed by atoms with E-state index in [1.165, 1.54) is 0 Å². The smallest absolute Gasteiger partial charge is 1.00 e. The molecule has 0 spiro atoms. The van der Waals surface area contributed by atoms with Gasteiger partial charge in [-0.2, -0.15) is 8.42 Å². The summed E-state index contributed by atoms with van der Waals surface area (Å²) in [5.74, 6) is 0. The molecular weight excluding hydrogens is 219 g/mol. The van der Waals surface area contributed by atoms with Crippen LogP contribution in [0.3, 0.4) is 0 Å². The Morgan fingerprint density at radius 3 is 2.36 bits per heavy atom. The van der Waals surface area contributed by atoms with E-state index >= 15 is 0 Å². The predicted octanol–water partition coefficient (Wildman–Crippen LogP) is -1.70. The van der Waals surface area contributed by atoms with Crippen LogP contribution >= 0.6 is 11.6 Å². The molecule has 0 unspecified atom stereocenters. The predicted molar refractivity (Wildman–Crippen MR) is 34.6 cm³/mol. The maximum atomic E-state index is 10.3. The molecule has 1 heterocycles. The second kappa shape index (κ2) is 4.38. The minimum absolute atomic E-state index is 0. The van der Waals surface area contributed by atoms with Gasteiger partial charge < -0.3 is 5.84 Å². The molecule has 58 valence electrons. The van der Waals surface area contributed by atoms with Gasteiger partial charge in [-0.3, -0.25) is 4.55 Å². The van der Waals surface area contributed by atoms with Crippen LogP contribution in [0.1, 0.15) is 1.43 Å². The van der Waals surface area contributed by atoms with Crippen molar-refractivity contribution in [1.82, 2.24) is 0 Å². The van der Waals surface area contributed by atoms with Gasteiger partial charge in [-0.05, 0) is 17.7 Å². The van der Waals surface area contributed by atoms with Crippen LogP contribution in [0.15, 0.2) is 21.6 Å². The molecule has 7 heteroatoms. The maximum Gasteiger partial charge on any atom is 1.00 e. The number of hydrogen-bond acceptors (Lipinski definition) is 3. The van der Waals surface area contributed by atoms with E-state index in [9.17, 15) is 8.42 Å². The first kappa shape index (κ1) is 12.1. The summed E-state index contributed by atoms with van der Waals surface area (Å²) in [7, 11) is -4.22. The van der Waals surface area contributed by atoms with Gasteiger partial charge in [0.2, 0.25) is 5.22 Å². The zero-order chi connectivity index (χ0) is 7.78. The molecule has 0 saturated carbocycles. The zero-order valence-corrected chi connectivity index (χ0v) is 10.3. The van der Waals surface area contributed by atoms with Crippen molar-refractivity contribution in [3.05, 3.63) is 17.5 Å². The Morgan fingerprint density at radius 1 is 1.64 bits per heavy atom. The van der Waals surface area contributed by atoms with Crippen LogP contribution in [0.5, 0.6) is 0 Å². The summed E-state index contributed by atoms with van der Waals surface area (Å²) in [6.07, 6.45) is 1.07. The van der Waals surface area contributed by atoms with E-state index in [4.69, 9.17) is 16.2 Å². The Hall–Kier alpha value is 1.12. The third kappa shape index (κ3) is 3.15. The van der Waals surface area contributed by atoms with Gasteiger partial charge in [0, 0.05) is 0 Å². The summed E-state index contributed by atoms with van der Waals surface area (Å²) >= 11 is 5.22. The fourth-order valence-electron chi connectivity index (χ4n) is 0.467. The van der Waals surface area contributed by atoms with Crippen LogP contribution in [0, 0.1) is 0 Å². The average molecular weight is 223 g/mol. The van der Waals surface area contributed by atoms with Crippen LogP contribution in [0.2, 0.25) is 5.22 Å². The molecule has 1 aromatic heterocycles. The van der Waals surface area contributed by atoms with Crippen molar-refractivity contribution in [2.24, 2.45) is 0 Å². The molecule has 4 nitrogen and oxygen atoms in total. The first-order valence-corrected chi connectivity index (χ1v) is 4.04. The Kier molecular flexibility index (Phi) is 4.82. The first-order valence-electron chi connectivity index (χ1n) is 2.22. The molecule has 0 aliphatic carbocycles. The van der Waals surface area contributed by atoms with Gasteiger partial charge in [-0.15, -0.1) is 0 Å². The number of rotatable bonds is 1. The third-order valence-electron chi connectivity index (χ3n) is 0.863. The first-order chi connectivity index (χ1) is 4.52. The van der Waals surface area contributed by atoms with Crippen LogP contribution in [-0.4, -0.2) is 13.0 Å². The summed E-state index contributed by atoms with van der Waals surface area (Å²) < 4.78 is 33.5. The Balaban J connectivity index is 0. The van der Waals surface area contributed by atoms with E-state index in [1.807, 2.05) is 0 Å². The molecule has 1 N–H and O–H groups in total. The van der Waals surface area contributed by atoms with Crippen molar-refractivity contribution in [1.29, 1.82) is 0 Å². The number of furan rings is 1. The Bertz CT molecular complexity index is 335. The fraction of sp³-hybridized carbons (Fsp3) is 0. The number of hydrogen-bond donors (Lipinski definition) is 1. The standard InChI is InChI=1S/C4H3ClO4S.K.H/c5-4-3(1-2-9-4)10(6,7)8;;/h1-2H,(H,6,7,8);;/q;+1;-1. The van der Waals surface area contributed by atoms with Gasteiger partial charge in [0.15, 0.2) is 4.90 Å². The van der Waals surface area contributed by atoms with E-state index in [-0.39, 0.29) is 58.0 Å². The van der Waals surface area contributed by atoms with Crippen molar-refractivity contribution < 1.29 is 70.2 Å². The normalized spacial score (nSPS) is 10.7. The van der Waals surface area contributed by atoms with Crippen LogP contribution in [0.4, 0.5) is 0 Å². The van der Waals surface area contributed by atoms with Crippen molar-refractivity contribution in [2.75, 3.05) is 0 Å². The summed E-state index contributed by atoms with van der Waals surface area (Å²) in [4.78, 5) is -0.408. The van der Waals surface area contributed by atoms with Gasteiger partial charge >= 0.3 is 51.4 Å². The molecule has 0 aliphatic rings. The molecule has 11 heavy (non-hydrogen) atoms. The quantitative estimate of drug-likeness (QED) is 0.454. The van der Waals surface area contributed by atoms with Crippen molar-refractivity contribution in [3.63, 3.8) is 0 Å². The summed E-state index contributed by atoms with van der Waals surface area (Å²) in [6, 6.07) is 1.07. The van der Waals surface area contributed by atoms with E-state index < -0.39 is 15.0 Å². The van der Waals surface area contributed by atoms with E-state index in [0.717, 1.165) is 12.3 Å². The van der Waals surface area contributed by atoms with E-state index in [0.29, 0.717) is 0 Å². The zero-order valence-electron chi connectivity index (χ0n) is 6.61. The number of halogens is 1. The molecule has 0 aromatic carbocycles. The van der Waals surface area contributed by atoms with Gasteiger partial charge in [0.1, 0.15) is 0 Å². The molecule has 0 fully saturated rings. The molecule has 1 aromatic rings. The van der Waals surface area contributed by atoms with Gasteiger partial charge in [0.25, 0.3) is 10.1 Å². The van der Waals surface area contributed by atoms with E-state index in [1.54, 1.807) is 0 Å². The minimum atomic E-state index is -4.22. The Labute approximate surface area is 113 Å². The van der Waals surface area contributed by atoms with Crippen molar-refractivity contribution in [3.8, 4) is 0 Å². The fourth-order valence-corrected chi connectivity index (χ4v) is 1.35. The average Bonchev–Trinajstić information content (AvgIpc) is 2.11. The minimum Gasteiger partial charge on any atom is -1.00 e. The second-order valence-corrected chi connectivity index (χ2v) is 3.27. The molecule has 0 aliphatic heterocycles. The largest absolute Gasteiger partial charge is 1.00 e. The molecule has 0 atom stereocenters. The van der Waals surface area contributed by atoms with Crippen molar-refractivity contribution in [2.45, 2.75) is 4.90 Å². The topological polar surface area (TPSA) is 67.5 Å². The Morgan fingerprint density at radius 2 is 2.18 bits per heavy atom. The van der Waals surface area contributed by atoms with Crippen molar-refractivity contribution >= 4 is 21.7 Å². The van der Waals surface area contributed by atoms with Gasteiger partial charge in [-0.25, -0.2) is 0 Å². The third-order valence-corrected chi connectivity index (χ3v) is 2.14. The monoisotopic (exact) mass is 222 g/mol. The summed E-state index contributed by atoms with van der Waals surface area (Å²) in [5.41, 5.74) is 0.